The second-order valence-electron chi connectivity index (χ2n) is 5.44. The smallest absolute Gasteiger partial charge is 0.320 e. The number of fused-ring (bicyclic) bond motifs is 1. The fourth-order valence-corrected chi connectivity index (χ4v) is 2.45. The molecular formula is C16H19ClN6O2. The van der Waals surface area contributed by atoms with Gasteiger partial charge in [0, 0.05) is 6.20 Å². The third kappa shape index (κ3) is 3.74. The van der Waals surface area contributed by atoms with Crippen LogP contribution in [0.15, 0.2) is 18.3 Å². The second-order valence-corrected chi connectivity index (χ2v) is 5.83. The highest BCUT2D eigenvalue weighted by Gasteiger charge is 2.18. The Morgan fingerprint density at radius 2 is 2.08 bits per heavy atom. The zero-order valence-electron chi connectivity index (χ0n) is 14.1. The van der Waals surface area contributed by atoms with Gasteiger partial charge in [-0.1, -0.05) is 31.0 Å². The van der Waals surface area contributed by atoms with Crippen LogP contribution in [0.5, 0.6) is 12.0 Å². The van der Waals surface area contributed by atoms with Gasteiger partial charge in [-0.2, -0.15) is 15.0 Å². The molecule has 2 N–H and O–H groups in total. The summed E-state index contributed by atoms with van der Waals surface area (Å²) in [5.41, 5.74) is 7.96. The number of unbranched alkanes of at least 4 members (excludes halogenated alkanes) is 1. The van der Waals surface area contributed by atoms with Crippen molar-refractivity contribution in [3.8, 4) is 12.0 Å². The second kappa shape index (κ2) is 7.52. The lowest BCUT2D eigenvalue weighted by Gasteiger charge is -2.08. The number of nitrogen functional groups attached to an aromatic ring is 1. The molecule has 0 saturated heterocycles. The Bertz CT molecular complexity index is 865. The summed E-state index contributed by atoms with van der Waals surface area (Å²) in [6.07, 6.45) is 3.63. The molecule has 3 aromatic rings. The van der Waals surface area contributed by atoms with Crippen LogP contribution in [0.25, 0.3) is 11.2 Å². The maximum absolute atomic E-state index is 6.02. The number of anilines is 1. The van der Waals surface area contributed by atoms with Gasteiger partial charge in [0.05, 0.1) is 20.3 Å². The number of imidazole rings is 1. The predicted octanol–water partition coefficient (Wildman–Crippen LogP) is 2.69. The molecule has 0 aliphatic heterocycles. The standard InChI is InChI=1S/C16H19ClN6O2/c1-3-4-7-25-15-21-13(18)12-14(22-15)23(16(20-12)24-2)9-10-5-6-11(17)19-8-10/h5-6,8H,3-4,7,9H2,1-2H3,(H2,18,21,22). The van der Waals surface area contributed by atoms with Gasteiger partial charge in [0.2, 0.25) is 0 Å². The highest BCUT2D eigenvalue weighted by molar-refractivity contribution is 6.29. The first-order chi connectivity index (χ1) is 12.1. The van der Waals surface area contributed by atoms with Crippen molar-refractivity contribution in [3.05, 3.63) is 29.0 Å². The number of halogens is 1. The van der Waals surface area contributed by atoms with Gasteiger partial charge in [0.1, 0.15) is 5.15 Å². The van der Waals surface area contributed by atoms with Crippen LogP contribution in [0.2, 0.25) is 5.15 Å². The number of hydrogen-bond acceptors (Lipinski definition) is 7. The third-order valence-corrected chi connectivity index (χ3v) is 3.83. The Labute approximate surface area is 150 Å². The number of nitrogens with two attached hydrogens (primary N) is 1. The van der Waals surface area contributed by atoms with E-state index in [4.69, 9.17) is 26.8 Å². The Morgan fingerprint density at radius 3 is 2.76 bits per heavy atom. The fraction of sp³-hybridized carbons (Fsp3) is 0.375. The van der Waals surface area contributed by atoms with E-state index in [2.05, 4.69) is 26.9 Å². The molecule has 8 nitrogen and oxygen atoms in total. The molecule has 3 heterocycles. The number of rotatable bonds is 7. The molecular weight excluding hydrogens is 344 g/mol. The van der Waals surface area contributed by atoms with Crippen LogP contribution in [-0.4, -0.2) is 38.2 Å². The summed E-state index contributed by atoms with van der Waals surface area (Å²) in [7, 11) is 1.54. The minimum Gasteiger partial charge on any atom is -0.468 e. The number of pyridine rings is 1. The molecule has 0 unspecified atom stereocenters. The van der Waals surface area contributed by atoms with E-state index in [1.54, 1.807) is 23.9 Å². The zero-order chi connectivity index (χ0) is 17.8. The topological polar surface area (TPSA) is 101 Å². The van der Waals surface area contributed by atoms with Gasteiger partial charge in [-0.3, -0.25) is 4.57 Å². The summed E-state index contributed by atoms with van der Waals surface area (Å²) < 4.78 is 12.7. The molecule has 0 fully saturated rings. The maximum atomic E-state index is 6.02. The van der Waals surface area contributed by atoms with Crippen LogP contribution in [-0.2, 0) is 6.54 Å². The average Bonchev–Trinajstić information content (AvgIpc) is 2.95. The minimum absolute atomic E-state index is 0.233. The first kappa shape index (κ1) is 17.2. The van der Waals surface area contributed by atoms with Crippen molar-refractivity contribution in [1.82, 2.24) is 24.5 Å². The lowest BCUT2D eigenvalue weighted by atomic mass is 10.3. The predicted molar refractivity (Wildman–Crippen MR) is 95.0 cm³/mol. The van der Waals surface area contributed by atoms with Gasteiger partial charge in [0.15, 0.2) is 17.0 Å². The number of hydrogen-bond donors (Lipinski definition) is 1. The SMILES string of the molecule is CCCCOc1nc(N)c2nc(OC)n(Cc3ccc(Cl)nc3)c2n1. The van der Waals surface area contributed by atoms with Gasteiger partial charge in [-0.25, -0.2) is 4.98 Å². The van der Waals surface area contributed by atoms with Gasteiger partial charge in [0.25, 0.3) is 6.01 Å². The van der Waals surface area contributed by atoms with Crippen LogP contribution in [0.1, 0.15) is 25.3 Å². The quantitative estimate of drug-likeness (QED) is 0.509. The van der Waals surface area contributed by atoms with Gasteiger partial charge in [-0.15, -0.1) is 0 Å². The van der Waals surface area contributed by atoms with E-state index in [1.165, 1.54) is 0 Å². The summed E-state index contributed by atoms with van der Waals surface area (Å²) in [5.74, 6) is 0.253. The van der Waals surface area contributed by atoms with Crippen LogP contribution < -0.4 is 15.2 Å². The van der Waals surface area contributed by atoms with Crippen LogP contribution in [0, 0.1) is 0 Å². The van der Waals surface area contributed by atoms with Crippen molar-refractivity contribution in [2.75, 3.05) is 19.5 Å². The van der Waals surface area contributed by atoms with E-state index < -0.39 is 0 Å². The lowest BCUT2D eigenvalue weighted by molar-refractivity contribution is 0.286. The molecule has 0 amide bonds. The minimum atomic E-state index is 0.233. The molecule has 0 aliphatic carbocycles. The Kier molecular flexibility index (Phi) is 5.18. The summed E-state index contributed by atoms with van der Waals surface area (Å²) in [5, 5.41) is 0.435. The Balaban J connectivity index is 2.00. The number of ether oxygens (including phenoxy) is 2. The van der Waals surface area contributed by atoms with E-state index in [-0.39, 0.29) is 11.8 Å². The first-order valence-electron chi connectivity index (χ1n) is 7.93. The molecule has 25 heavy (non-hydrogen) atoms. The van der Waals surface area contributed by atoms with Gasteiger partial charge >= 0.3 is 6.01 Å². The largest absolute Gasteiger partial charge is 0.468 e. The zero-order valence-corrected chi connectivity index (χ0v) is 14.8. The third-order valence-electron chi connectivity index (χ3n) is 3.61. The number of methoxy groups -OCH3 is 1. The van der Waals surface area contributed by atoms with Gasteiger partial charge < -0.3 is 15.2 Å². The van der Waals surface area contributed by atoms with Crippen molar-refractivity contribution in [3.63, 3.8) is 0 Å². The van der Waals surface area contributed by atoms with Crippen LogP contribution in [0.3, 0.4) is 0 Å². The van der Waals surface area contributed by atoms with E-state index >= 15 is 0 Å². The normalized spacial score (nSPS) is 11.0. The highest BCUT2D eigenvalue weighted by atomic mass is 35.5. The molecule has 0 aliphatic rings. The molecule has 0 bridgehead atoms. The van der Waals surface area contributed by atoms with Crippen molar-refractivity contribution in [1.29, 1.82) is 0 Å². The first-order valence-corrected chi connectivity index (χ1v) is 8.31. The van der Waals surface area contributed by atoms with E-state index in [0.717, 1.165) is 18.4 Å². The van der Waals surface area contributed by atoms with Crippen LogP contribution in [0.4, 0.5) is 5.82 Å². The van der Waals surface area contributed by atoms with Crippen molar-refractivity contribution < 1.29 is 9.47 Å². The molecule has 132 valence electrons. The molecule has 0 radical (unpaired) electrons. The van der Waals surface area contributed by atoms with Gasteiger partial charge in [-0.05, 0) is 18.1 Å². The Morgan fingerprint density at radius 1 is 1.24 bits per heavy atom. The molecule has 3 rings (SSSR count). The number of nitrogens with zero attached hydrogens (tertiary/aromatic N) is 5. The maximum Gasteiger partial charge on any atom is 0.320 e. The number of aromatic nitrogens is 5. The Hall–Kier alpha value is -2.61. The highest BCUT2D eigenvalue weighted by Crippen LogP contribution is 2.26. The van der Waals surface area contributed by atoms with E-state index in [0.29, 0.717) is 35.5 Å². The monoisotopic (exact) mass is 362 g/mol. The van der Waals surface area contributed by atoms with E-state index in [1.807, 2.05) is 6.07 Å². The molecule has 9 heteroatoms. The van der Waals surface area contributed by atoms with E-state index in [9.17, 15) is 0 Å². The molecule has 3 aromatic heterocycles. The summed E-state index contributed by atoms with van der Waals surface area (Å²) in [6, 6.07) is 4.22. The lowest BCUT2D eigenvalue weighted by Crippen LogP contribution is -2.07. The summed E-state index contributed by atoms with van der Waals surface area (Å²) in [6.45, 7) is 3.07. The molecule has 0 atom stereocenters. The average molecular weight is 363 g/mol. The summed E-state index contributed by atoms with van der Waals surface area (Å²) in [4.78, 5) is 17.1. The fourth-order valence-electron chi connectivity index (χ4n) is 2.33. The van der Waals surface area contributed by atoms with Crippen LogP contribution >= 0.6 is 11.6 Å². The molecule has 0 spiro atoms. The molecule has 0 aromatic carbocycles. The van der Waals surface area contributed by atoms with Crippen molar-refractivity contribution in [2.45, 2.75) is 26.3 Å². The summed E-state index contributed by atoms with van der Waals surface area (Å²) >= 11 is 5.84. The van der Waals surface area contributed by atoms with Crippen molar-refractivity contribution in [2.24, 2.45) is 0 Å². The molecule has 0 saturated carbocycles. The van der Waals surface area contributed by atoms with Crippen molar-refractivity contribution >= 4 is 28.6 Å².